The van der Waals surface area contributed by atoms with Crippen molar-refractivity contribution in [1.29, 1.82) is 0 Å². The summed E-state index contributed by atoms with van der Waals surface area (Å²) in [6.07, 6.45) is 0. The molecule has 2 aromatic rings. The standard InChI is InChI=1S/C18H20O2/c1-3-20-18(19)14(2)17(15-10-6-4-7-11-15)16-12-8-5-9-13-16/h4-14,17H,3H2,1-2H3/t14-/m0/s1. The SMILES string of the molecule is CCOC(=O)[C@@H](C)C(c1ccccc1)c1ccccc1. The van der Waals surface area contributed by atoms with Gasteiger partial charge in [0.25, 0.3) is 0 Å². The maximum Gasteiger partial charge on any atom is 0.309 e. The minimum atomic E-state index is -0.209. The van der Waals surface area contributed by atoms with Gasteiger partial charge in [0, 0.05) is 5.92 Å². The molecule has 0 saturated heterocycles. The molecule has 0 aromatic heterocycles. The summed E-state index contributed by atoms with van der Waals surface area (Å²) < 4.78 is 5.19. The zero-order valence-electron chi connectivity index (χ0n) is 12.0. The van der Waals surface area contributed by atoms with Gasteiger partial charge in [0.15, 0.2) is 0 Å². The molecule has 2 nitrogen and oxygen atoms in total. The minimum absolute atomic E-state index is 0.0245. The first-order valence-corrected chi connectivity index (χ1v) is 7.00. The van der Waals surface area contributed by atoms with Crippen molar-refractivity contribution in [2.75, 3.05) is 6.61 Å². The number of esters is 1. The molecule has 104 valence electrons. The molecule has 0 heterocycles. The quantitative estimate of drug-likeness (QED) is 0.766. The Hall–Kier alpha value is -2.09. The largest absolute Gasteiger partial charge is 0.466 e. The van der Waals surface area contributed by atoms with Crippen molar-refractivity contribution in [3.05, 3.63) is 71.8 Å². The van der Waals surface area contributed by atoms with Gasteiger partial charge in [-0.15, -0.1) is 0 Å². The zero-order valence-corrected chi connectivity index (χ0v) is 12.0. The van der Waals surface area contributed by atoms with Crippen LogP contribution in [0, 0.1) is 5.92 Å². The van der Waals surface area contributed by atoms with Crippen molar-refractivity contribution >= 4 is 5.97 Å². The molecule has 0 aliphatic carbocycles. The van der Waals surface area contributed by atoms with Crippen LogP contribution in [0.1, 0.15) is 30.9 Å². The Morgan fingerprint density at radius 3 is 1.80 bits per heavy atom. The summed E-state index contributed by atoms with van der Waals surface area (Å²) in [5, 5.41) is 0. The lowest BCUT2D eigenvalue weighted by Crippen LogP contribution is -2.22. The highest BCUT2D eigenvalue weighted by molar-refractivity contribution is 5.74. The van der Waals surface area contributed by atoms with Crippen LogP contribution >= 0.6 is 0 Å². The fourth-order valence-corrected chi connectivity index (χ4v) is 2.50. The van der Waals surface area contributed by atoms with Crippen molar-refractivity contribution in [2.24, 2.45) is 5.92 Å². The normalized spacial score (nSPS) is 12.2. The van der Waals surface area contributed by atoms with Gasteiger partial charge in [-0.05, 0) is 18.1 Å². The van der Waals surface area contributed by atoms with E-state index >= 15 is 0 Å². The fourth-order valence-electron chi connectivity index (χ4n) is 2.50. The monoisotopic (exact) mass is 268 g/mol. The van der Waals surface area contributed by atoms with E-state index in [4.69, 9.17) is 4.74 Å². The summed E-state index contributed by atoms with van der Waals surface area (Å²) in [4.78, 5) is 12.1. The molecular weight excluding hydrogens is 248 g/mol. The Morgan fingerprint density at radius 2 is 1.40 bits per heavy atom. The summed E-state index contributed by atoms with van der Waals surface area (Å²) in [6, 6.07) is 20.2. The van der Waals surface area contributed by atoms with Crippen molar-refractivity contribution in [2.45, 2.75) is 19.8 Å². The lowest BCUT2D eigenvalue weighted by atomic mass is 9.82. The van der Waals surface area contributed by atoms with Crippen LogP contribution in [0.15, 0.2) is 60.7 Å². The minimum Gasteiger partial charge on any atom is -0.466 e. The van der Waals surface area contributed by atoms with Gasteiger partial charge in [-0.25, -0.2) is 0 Å². The molecule has 0 amide bonds. The molecule has 0 saturated carbocycles. The van der Waals surface area contributed by atoms with Gasteiger partial charge >= 0.3 is 5.97 Å². The van der Waals surface area contributed by atoms with Crippen LogP contribution in [0.5, 0.6) is 0 Å². The van der Waals surface area contributed by atoms with Crippen LogP contribution in [0.3, 0.4) is 0 Å². The predicted octanol–water partition coefficient (Wildman–Crippen LogP) is 4.02. The maximum atomic E-state index is 12.1. The third-order valence-corrected chi connectivity index (χ3v) is 3.48. The molecule has 0 fully saturated rings. The molecule has 0 bridgehead atoms. The Balaban J connectivity index is 2.37. The van der Waals surface area contributed by atoms with Gasteiger partial charge in [-0.1, -0.05) is 67.6 Å². The van der Waals surface area contributed by atoms with Gasteiger partial charge < -0.3 is 4.74 Å². The first-order chi connectivity index (χ1) is 9.74. The molecule has 0 radical (unpaired) electrons. The van der Waals surface area contributed by atoms with Crippen molar-refractivity contribution in [3.8, 4) is 0 Å². The Labute approximate surface area is 120 Å². The van der Waals surface area contributed by atoms with E-state index in [1.165, 1.54) is 0 Å². The van der Waals surface area contributed by atoms with Gasteiger partial charge in [0.1, 0.15) is 0 Å². The molecule has 1 atom stereocenters. The van der Waals surface area contributed by atoms with Crippen LogP contribution in [0.25, 0.3) is 0 Å². The number of hydrogen-bond acceptors (Lipinski definition) is 2. The summed E-state index contributed by atoms with van der Waals surface area (Å²) in [5.41, 5.74) is 2.28. The van der Waals surface area contributed by atoms with Gasteiger partial charge in [0.2, 0.25) is 0 Å². The highest BCUT2D eigenvalue weighted by atomic mass is 16.5. The second-order valence-corrected chi connectivity index (χ2v) is 4.84. The van der Waals surface area contributed by atoms with E-state index in [0.29, 0.717) is 6.61 Å². The second kappa shape index (κ2) is 6.90. The van der Waals surface area contributed by atoms with Gasteiger partial charge in [-0.2, -0.15) is 0 Å². The number of rotatable bonds is 5. The summed E-state index contributed by atoms with van der Waals surface area (Å²) in [5.74, 6) is -0.332. The van der Waals surface area contributed by atoms with Crippen LogP contribution in [-0.4, -0.2) is 12.6 Å². The van der Waals surface area contributed by atoms with E-state index in [1.807, 2.05) is 50.2 Å². The number of ether oxygens (including phenoxy) is 1. The summed E-state index contributed by atoms with van der Waals surface area (Å²) >= 11 is 0. The first-order valence-electron chi connectivity index (χ1n) is 7.00. The Morgan fingerprint density at radius 1 is 0.950 bits per heavy atom. The molecule has 2 heteroatoms. The number of benzene rings is 2. The van der Waals surface area contributed by atoms with Crippen LogP contribution in [0.2, 0.25) is 0 Å². The highest BCUT2D eigenvalue weighted by Gasteiger charge is 2.27. The van der Waals surface area contributed by atoms with Crippen molar-refractivity contribution in [1.82, 2.24) is 0 Å². The van der Waals surface area contributed by atoms with E-state index < -0.39 is 0 Å². The van der Waals surface area contributed by atoms with E-state index in [2.05, 4.69) is 24.3 Å². The third-order valence-electron chi connectivity index (χ3n) is 3.48. The maximum absolute atomic E-state index is 12.1. The number of hydrogen-bond donors (Lipinski definition) is 0. The molecule has 20 heavy (non-hydrogen) atoms. The van der Waals surface area contributed by atoms with Crippen LogP contribution in [0.4, 0.5) is 0 Å². The summed E-state index contributed by atoms with van der Waals surface area (Å²) in [7, 11) is 0. The topological polar surface area (TPSA) is 26.3 Å². The Kier molecular flexibility index (Phi) is 4.94. The molecule has 0 aliphatic heterocycles. The lowest BCUT2D eigenvalue weighted by molar-refractivity contribution is -0.147. The van der Waals surface area contributed by atoms with Crippen molar-refractivity contribution < 1.29 is 9.53 Å². The number of carbonyl (C=O) groups excluding carboxylic acids is 1. The van der Waals surface area contributed by atoms with Crippen LogP contribution < -0.4 is 0 Å². The summed E-state index contributed by atoms with van der Waals surface area (Å²) in [6.45, 7) is 4.19. The third kappa shape index (κ3) is 3.27. The fraction of sp³-hybridized carbons (Fsp3) is 0.278. The Bertz CT molecular complexity index is 494. The molecular formula is C18H20O2. The molecule has 0 unspecified atom stereocenters. The molecule has 2 rings (SSSR count). The molecule has 2 aromatic carbocycles. The van der Waals surface area contributed by atoms with E-state index in [9.17, 15) is 4.79 Å². The first kappa shape index (κ1) is 14.3. The van der Waals surface area contributed by atoms with Gasteiger partial charge in [0.05, 0.1) is 12.5 Å². The molecule has 0 aliphatic rings. The van der Waals surface area contributed by atoms with E-state index in [0.717, 1.165) is 11.1 Å². The molecule has 0 N–H and O–H groups in total. The van der Waals surface area contributed by atoms with Gasteiger partial charge in [-0.3, -0.25) is 4.79 Å². The predicted molar refractivity (Wildman–Crippen MR) is 80.5 cm³/mol. The average Bonchev–Trinajstić information content (AvgIpc) is 2.50. The number of carbonyl (C=O) groups is 1. The zero-order chi connectivity index (χ0) is 14.4. The lowest BCUT2D eigenvalue weighted by Gasteiger charge is -2.23. The second-order valence-electron chi connectivity index (χ2n) is 4.84. The van der Waals surface area contributed by atoms with E-state index in [1.54, 1.807) is 0 Å². The van der Waals surface area contributed by atoms with Crippen LogP contribution in [-0.2, 0) is 9.53 Å². The average molecular weight is 268 g/mol. The highest BCUT2D eigenvalue weighted by Crippen LogP contribution is 2.32. The van der Waals surface area contributed by atoms with E-state index in [-0.39, 0.29) is 17.8 Å². The smallest absolute Gasteiger partial charge is 0.309 e. The van der Waals surface area contributed by atoms with Crippen molar-refractivity contribution in [3.63, 3.8) is 0 Å². The molecule has 0 spiro atoms.